The molecule has 0 heterocycles. The van der Waals surface area contributed by atoms with Crippen LogP contribution in [-0.2, 0) is 26.0 Å². The second kappa shape index (κ2) is 9.49. The van der Waals surface area contributed by atoms with E-state index in [1.807, 2.05) is 0 Å². The fourth-order valence-corrected chi connectivity index (χ4v) is 4.23. The summed E-state index contributed by atoms with van der Waals surface area (Å²) < 4.78 is 36.6. The molecule has 1 aliphatic carbocycles. The maximum atomic E-state index is 13.1. The molecule has 9 nitrogen and oxygen atoms in total. The van der Waals surface area contributed by atoms with Crippen molar-refractivity contribution in [3.05, 3.63) is 64.7 Å². The average molecular weight is 461 g/mol. The lowest BCUT2D eigenvalue weighted by Crippen LogP contribution is -2.27. The Morgan fingerprint density at radius 3 is 1.94 bits per heavy atom. The highest BCUT2D eigenvalue weighted by atomic mass is 32.2. The number of amides is 1. The Balaban J connectivity index is 1.82. The molecule has 0 atom stereocenters. The normalized spacial score (nSPS) is 13.5. The number of rotatable bonds is 8. The Morgan fingerprint density at radius 1 is 0.938 bits per heavy atom. The number of sulfonamides is 1. The Bertz CT molecular complexity index is 1110. The second-order valence-corrected chi connectivity index (χ2v) is 9.48. The maximum absolute atomic E-state index is 13.1. The van der Waals surface area contributed by atoms with Crippen LogP contribution in [0.4, 0.5) is 0 Å². The minimum absolute atomic E-state index is 0.0167. The fraction of sp³-hybridized carbons (Fsp3) is 0.318. The van der Waals surface area contributed by atoms with Crippen molar-refractivity contribution in [3.63, 3.8) is 0 Å². The SMILES string of the molecule is COC(=O)c1cc(C(=O)OC)cc(S(=O)(=O)N(C)Cc2ccc(C(=O)NC3CC3)cc2)c1. The molecule has 2 aromatic carbocycles. The summed E-state index contributed by atoms with van der Waals surface area (Å²) in [5, 5.41) is 2.89. The number of methoxy groups -OCH3 is 2. The first-order chi connectivity index (χ1) is 15.1. The molecule has 10 heteroatoms. The minimum Gasteiger partial charge on any atom is -0.465 e. The van der Waals surface area contributed by atoms with Crippen LogP contribution in [0.3, 0.4) is 0 Å². The lowest BCUT2D eigenvalue weighted by atomic mass is 10.1. The van der Waals surface area contributed by atoms with Crippen molar-refractivity contribution in [1.29, 1.82) is 0 Å². The highest BCUT2D eigenvalue weighted by molar-refractivity contribution is 7.89. The zero-order valence-electron chi connectivity index (χ0n) is 18.0. The Morgan fingerprint density at radius 2 is 1.47 bits per heavy atom. The average Bonchev–Trinajstić information content (AvgIpc) is 3.61. The first kappa shape index (κ1) is 23.4. The summed E-state index contributed by atoms with van der Waals surface area (Å²) in [6, 6.07) is 10.4. The van der Waals surface area contributed by atoms with Gasteiger partial charge in [0.15, 0.2) is 0 Å². The van der Waals surface area contributed by atoms with Gasteiger partial charge in [-0.2, -0.15) is 4.31 Å². The largest absolute Gasteiger partial charge is 0.465 e. The monoisotopic (exact) mass is 460 g/mol. The second-order valence-electron chi connectivity index (χ2n) is 7.43. The Hall–Kier alpha value is -3.24. The van der Waals surface area contributed by atoms with Gasteiger partial charge in [0.1, 0.15) is 0 Å². The van der Waals surface area contributed by atoms with Crippen LogP contribution in [0.1, 0.15) is 49.5 Å². The molecule has 0 aromatic heterocycles. The van der Waals surface area contributed by atoms with Crippen molar-refractivity contribution >= 4 is 27.9 Å². The molecular weight excluding hydrogens is 436 g/mol. The van der Waals surface area contributed by atoms with Gasteiger partial charge in [0.2, 0.25) is 10.0 Å². The maximum Gasteiger partial charge on any atom is 0.337 e. The van der Waals surface area contributed by atoms with E-state index in [0.29, 0.717) is 11.1 Å². The number of carbonyl (C=O) groups excluding carboxylic acids is 3. The molecule has 1 fully saturated rings. The van der Waals surface area contributed by atoms with Gasteiger partial charge in [0.25, 0.3) is 5.91 Å². The molecule has 1 N–H and O–H groups in total. The van der Waals surface area contributed by atoms with E-state index in [2.05, 4.69) is 14.8 Å². The quantitative estimate of drug-likeness (QED) is 0.598. The summed E-state index contributed by atoms with van der Waals surface area (Å²) in [4.78, 5) is 35.8. The number of carbonyl (C=O) groups is 3. The smallest absolute Gasteiger partial charge is 0.337 e. The van der Waals surface area contributed by atoms with E-state index >= 15 is 0 Å². The molecule has 0 aliphatic heterocycles. The van der Waals surface area contributed by atoms with Gasteiger partial charge < -0.3 is 14.8 Å². The van der Waals surface area contributed by atoms with Crippen molar-refractivity contribution in [2.45, 2.75) is 30.3 Å². The van der Waals surface area contributed by atoms with Gasteiger partial charge in [0.05, 0.1) is 30.2 Å². The van der Waals surface area contributed by atoms with Crippen LogP contribution >= 0.6 is 0 Å². The first-order valence-corrected chi connectivity index (χ1v) is 11.3. The van der Waals surface area contributed by atoms with Crippen LogP contribution < -0.4 is 5.32 Å². The number of hydrogen-bond acceptors (Lipinski definition) is 7. The molecule has 1 saturated carbocycles. The van der Waals surface area contributed by atoms with Gasteiger partial charge >= 0.3 is 11.9 Å². The van der Waals surface area contributed by atoms with Crippen LogP contribution in [0.15, 0.2) is 47.4 Å². The summed E-state index contributed by atoms with van der Waals surface area (Å²) in [5.74, 6) is -1.72. The zero-order chi connectivity index (χ0) is 23.5. The van der Waals surface area contributed by atoms with Crippen LogP contribution in [0, 0.1) is 0 Å². The molecule has 0 bridgehead atoms. The number of esters is 2. The third-order valence-electron chi connectivity index (χ3n) is 4.99. The van der Waals surface area contributed by atoms with Crippen molar-refractivity contribution in [2.24, 2.45) is 0 Å². The van der Waals surface area contributed by atoms with Gasteiger partial charge in [-0.05, 0) is 48.7 Å². The summed E-state index contributed by atoms with van der Waals surface area (Å²) in [6.07, 6.45) is 1.97. The standard InChI is InChI=1S/C22H24N2O7S/c1-24(13-14-4-6-15(7-5-14)20(25)23-18-8-9-18)32(28,29)19-11-16(21(26)30-2)10-17(12-19)22(27)31-3/h4-7,10-12,18H,8-9,13H2,1-3H3,(H,23,25). The van der Waals surface area contributed by atoms with E-state index in [-0.39, 0.29) is 34.5 Å². The molecular formula is C22H24N2O7S. The van der Waals surface area contributed by atoms with Gasteiger partial charge in [-0.15, -0.1) is 0 Å². The van der Waals surface area contributed by atoms with Gasteiger partial charge in [-0.1, -0.05) is 12.1 Å². The molecule has 170 valence electrons. The van der Waals surface area contributed by atoms with E-state index < -0.39 is 22.0 Å². The molecule has 0 unspecified atom stereocenters. The van der Waals surface area contributed by atoms with Crippen LogP contribution in [0.2, 0.25) is 0 Å². The highest BCUT2D eigenvalue weighted by Gasteiger charge is 2.26. The number of nitrogens with zero attached hydrogens (tertiary/aromatic N) is 1. The Kier molecular flexibility index (Phi) is 6.95. The third kappa shape index (κ3) is 5.32. The van der Waals surface area contributed by atoms with E-state index in [4.69, 9.17) is 0 Å². The van der Waals surface area contributed by atoms with E-state index in [9.17, 15) is 22.8 Å². The summed E-state index contributed by atoms with van der Waals surface area (Å²) in [5.41, 5.74) is 0.984. The van der Waals surface area contributed by atoms with Gasteiger partial charge in [0, 0.05) is 25.2 Å². The summed E-state index contributed by atoms with van der Waals surface area (Å²) in [7, 11) is -0.371. The molecule has 3 rings (SSSR count). The summed E-state index contributed by atoms with van der Waals surface area (Å²) in [6.45, 7) is 0.0167. The predicted molar refractivity (Wildman–Crippen MR) is 115 cm³/mol. The lowest BCUT2D eigenvalue weighted by Gasteiger charge is -2.18. The Labute approximate surface area is 186 Å². The fourth-order valence-electron chi connectivity index (χ4n) is 3.00. The van der Waals surface area contributed by atoms with Crippen LogP contribution in [-0.4, -0.2) is 57.9 Å². The van der Waals surface area contributed by atoms with Crippen molar-refractivity contribution in [3.8, 4) is 0 Å². The molecule has 2 aromatic rings. The number of nitrogens with one attached hydrogen (secondary N) is 1. The first-order valence-electron chi connectivity index (χ1n) is 9.83. The van der Waals surface area contributed by atoms with E-state index in [0.717, 1.165) is 43.5 Å². The number of benzene rings is 2. The van der Waals surface area contributed by atoms with E-state index in [1.165, 1.54) is 13.1 Å². The third-order valence-corrected chi connectivity index (χ3v) is 6.77. The van der Waals surface area contributed by atoms with Crippen LogP contribution in [0.5, 0.6) is 0 Å². The van der Waals surface area contributed by atoms with E-state index in [1.54, 1.807) is 24.3 Å². The topological polar surface area (TPSA) is 119 Å². The van der Waals surface area contributed by atoms with Crippen LogP contribution in [0.25, 0.3) is 0 Å². The lowest BCUT2D eigenvalue weighted by molar-refractivity contribution is 0.0598. The molecule has 0 radical (unpaired) electrons. The van der Waals surface area contributed by atoms with Gasteiger partial charge in [-0.3, -0.25) is 4.79 Å². The molecule has 0 spiro atoms. The zero-order valence-corrected chi connectivity index (χ0v) is 18.8. The molecule has 1 aliphatic rings. The molecule has 1 amide bonds. The molecule has 32 heavy (non-hydrogen) atoms. The van der Waals surface area contributed by atoms with Gasteiger partial charge in [-0.25, -0.2) is 18.0 Å². The summed E-state index contributed by atoms with van der Waals surface area (Å²) >= 11 is 0. The van der Waals surface area contributed by atoms with Crippen molar-refractivity contribution in [1.82, 2.24) is 9.62 Å². The van der Waals surface area contributed by atoms with Crippen molar-refractivity contribution < 1.29 is 32.3 Å². The number of hydrogen-bond donors (Lipinski definition) is 1. The predicted octanol–water partition coefficient (Wildman–Crippen LogP) is 1.97. The van der Waals surface area contributed by atoms with Crippen molar-refractivity contribution in [2.75, 3.05) is 21.3 Å². The highest BCUT2D eigenvalue weighted by Crippen LogP contribution is 2.22. The number of ether oxygens (including phenoxy) is 2. The minimum atomic E-state index is -4.06. The molecule has 0 saturated heterocycles.